The molecular formula is C35H56N6O8. The number of carboxylic acids is 1. The molecule has 14 heteroatoms. The van der Waals surface area contributed by atoms with E-state index in [1.807, 2.05) is 20.8 Å². The van der Waals surface area contributed by atoms with E-state index in [2.05, 4.69) is 35.1 Å². The lowest BCUT2D eigenvalue weighted by molar-refractivity contribution is -0.142. The van der Waals surface area contributed by atoms with Crippen LogP contribution in [0.5, 0.6) is 0 Å². The molecule has 6 amide bonds. The third-order valence-corrected chi connectivity index (χ3v) is 9.58. The summed E-state index contributed by atoms with van der Waals surface area (Å²) < 4.78 is 0. The number of likely N-dealkylation sites (N-methyl/N-ethyl adjacent to an activating group) is 2. The fourth-order valence-corrected chi connectivity index (χ4v) is 6.33. The van der Waals surface area contributed by atoms with Gasteiger partial charge in [-0.05, 0) is 50.0 Å². The van der Waals surface area contributed by atoms with Gasteiger partial charge in [0.15, 0.2) is 0 Å². The van der Waals surface area contributed by atoms with E-state index in [0.717, 1.165) is 42.7 Å². The minimum atomic E-state index is -1.36. The fourth-order valence-electron chi connectivity index (χ4n) is 6.33. The zero-order chi connectivity index (χ0) is 37.1. The van der Waals surface area contributed by atoms with Gasteiger partial charge >= 0.3 is 5.97 Å². The van der Waals surface area contributed by atoms with E-state index in [0.29, 0.717) is 5.92 Å². The van der Waals surface area contributed by atoms with Crippen LogP contribution >= 0.6 is 0 Å². The Bertz CT molecular complexity index is 1290. The summed E-state index contributed by atoms with van der Waals surface area (Å²) >= 11 is 0. The molecule has 1 unspecified atom stereocenters. The highest BCUT2D eigenvalue weighted by atomic mass is 16.4. The quantitative estimate of drug-likeness (QED) is 0.111. The summed E-state index contributed by atoms with van der Waals surface area (Å²) in [4.78, 5) is 89.8. The van der Waals surface area contributed by atoms with Crippen molar-refractivity contribution in [1.29, 1.82) is 0 Å². The molecule has 2 aliphatic rings. The molecule has 0 aromatic carbocycles. The van der Waals surface area contributed by atoms with E-state index < -0.39 is 53.1 Å². The molecule has 1 saturated carbocycles. The maximum atomic E-state index is 13.7. The van der Waals surface area contributed by atoms with Crippen molar-refractivity contribution in [2.75, 3.05) is 33.7 Å². The number of aliphatic carboxylic acids is 1. The van der Waals surface area contributed by atoms with Crippen molar-refractivity contribution in [1.82, 2.24) is 31.1 Å². The lowest BCUT2D eigenvalue weighted by Crippen LogP contribution is -2.61. The first-order chi connectivity index (χ1) is 22.8. The first-order valence-corrected chi connectivity index (χ1v) is 17.0. The molecule has 5 N–H and O–H groups in total. The minimum Gasteiger partial charge on any atom is -0.480 e. The standard InChI is InChI=1S/C35H56N6O8/c1-22(30(45)38-24(33(48)49)14-15-25(42)37-19-21-41-26(43)16-17-27(41)44)18-20-40(8)32(47)29(34(2,3)4)39-31(46)28(36-7)35(5,6)23-12-10-9-11-13-23/h16-18,23-24,28-29,36H,9-15,19-21H2,1-8H3,(H,37,42)(H,38,45)(H,39,46)(H,48,49)/b22-18+/t24-,28-,29?/m1/s1. The van der Waals surface area contributed by atoms with Gasteiger partial charge in [-0.2, -0.15) is 0 Å². The molecule has 0 aromatic heterocycles. The summed E-state index contributed by atoms with van der Waals surface area (Å²) in [7, 11) is 3.33. The Morgan fingerprint density at radius 3 is 2.10 bits per heavy atom. The first-order valence-electron chi connectivity index (χ1n) is 17.0. The van der Waals surface area contributed by atoms with E-state index in [1.54, 1.807) is 14.1 Å². The molecule has 1 aliphatic heterocycles. The van der Waals surface area contributed by atoms with Crippen molar-refractivity contribution in [2.45, 2.75) is 105 Å². The van der Waals surface area contributed by atoms with E-state index in [9.17, 15) is 38.7 Å². The molecular weight excluding hydrogens is 632 g/mol. The van der Waals surface area contributed by atoms with Gasteiger partial charge in [0.1, 0.15) is 12.1 Å². The monoisotopic (exact) mass is 688 g/mol. The molecule has 3 atom stereocenters. The Balaban J connectivity index is 1.96. The Kier molecular flexibility index (Phi) is 15.2. The second-order valence-corrected chi connectivity index (χ2v) is 14.7. The van der Waals surface area contributed by atoms with Gasteiger partial charge in [-0.15, -0.1) is 0 Å². The second kappa shape index (κ2) is 18.1. The van der Waals surface area contributed by atoms with Crippen LogP contribution < -0.4 is 21.3 Å². The molecule has 0 aromatic rings. The van der Waals surface area contributed by atoms with Crippen molar-refractivity contribution >= 4 is 41.4 Å². The molecule has 1 fully saturated rings. The van der Waals surface area contributed by atoms with Gasteiger partial charge in [0.2, 0.25) is 23.6 Å². The number of amides is 6. The van der Waals surface area contributed by atoms with Crippen LogP contribution in [-0.2, 0) is 33.6 Å². The number of imide groups is 1. The summed E-state index contributed by atoms with van der Waals surface area (Å²) in [5.74, 6) is -3.63. The predicted molar refractivity (Wildman–Crippen MR) is 184 cm³/mol. The van der Waals surface area contributed by atoms with Gasteiger partial charge in [0, 0.05) is 50.8 Å². The van der Waals surface area contributed by atoms with Crippen LogP contribution in [0.2, 0.25) is 0 Å². The minimum absolute atomic E-state index is 0.00442. The molecule has 0 saturated heterocycles. The van der Waals surface area contributed by atoms with Crippen LogP contribution in [0.15, 0.2) is 23.8 Å². The number of hydrogen-bond donors (Lipinski definition) is 5. The van der Waals surface area contributed by atoms with E-state index in [1.165, 1.54) is 24.3 Å². The third-order valence-electron chi connectivity index (χ3n) is 9.58. The van der Waals surface area contributed by atoms with Crippen LogP contribution in [0.25, 0.3) is 0 Å². The van der Waals surface area contributed by atoms with Crippen molar-refractivity contribution in [3.05, 3.63) is 23.8 Å². The lowest BCUT2D eigenvalue weighted by Gasteiger charge is -2.43. The van der Waals surface area contributed by atoms with Crippen molar-refractivity contribution in [3.63, 3.8) is 0 Å². The Morgan fingerprint density at radius 1 is 0.980 bits per heavy atom. The lowest BCUT2D eigenvalue weighted by atomic mass is 9.66. The van der Waals surface area contributed by atoms with E-state index >= 15 is 0 Å². The zero-order valence-electron chi connectivity index (χ0n) is 30.3. The number of carbonyl (C=O) groups excluding carboxylic acids is 6. The second-order valence-electron chi connectivity index (χ2n) is 14.7. The molecule has 1 heterocycles. The number of carboxylic acid groups (broad SMARTS) is 1. The number of nitrogens with zero attached hydrogens (tertiary/aromatic N) is 2. The van der Waals surface area contributed by atoms with E-state index in [4.69, 9.17) is 0 Å². The average Bonchev–Trinajstić information content (AvgIpc) is 3.36. The first kappa shape index (κ1) is 41.1. The van der Waals surface area contributed by atoms with Crippen LogP contribution in [0.1, 0.15) is 86.5 Å². The van der Waals surface area contributed by atoms with Crippen LogP contribution in [0, 0.1) is 16.7 Å². The molecule has 49 heavy (non-hydrogen) atoms. The molecule has 0 spiro atoms. The SMILES string of the molecule is CN[C@H](C(=O)NC(C(=O)N(C)C/C=C(\C)C(=O)N[C@H](CCC(=O)NCCN1C(=O)C=CC1=O)C(=O)O)C(C)(C)C)C(C)(C)C1CCCCC1. The highest BCUT2D eigenvalue weighted by Crippen LogP contribution is 2.40. The predicted octanol–water partition coefficient (Wildman–Crippen LogP) is 1.51. The topological polar surface area (TPSA) is 194 Å². The molecule has 274 valence electrons. The van der Waals surface area contributed by atoms with Crippen LogP contribution in [0.4, 0.5) is 0 Å². The molecule has 0 bridgehead atoms. The number of rotatable bonds is 17. The van der Waals surface area contributed by atoms with E-state index in [-0.39, 0.29) is 55.3 Å². The Morgan fingerprint density at radius 2 is 1.57 bits per heavy atom. The summed E-state index contributed by atoms with van der Waals surface area (Å²) in [6, 6.07) is -2.70. The van der Waals surface area contributed by atoms with Crippen molar-refractivity contribution < 1.29 is 38.7 Å². The summed E-state index contributed by atoms with van der Waals surface area (Å²) in [6.45, 7) is 11.3. The normalized spacial score (nSPS) is 17.7. The highest BCUT2D eigenvalue weighted by molar-refractivity contribution is 6.12. The summed E-state index contributed by atoms with van der Waals surface area (Å²) in [5, 5.41) is 20.8. The van der Waals surface area contributed by atoms with Crippen molar-refractivity contribution in [2.24, 2.45) is 16.7 Å². The van der Waals surface area contributed by atoms with Crippen LogP contribution in [0.3, 0.4) is 0 Å². The number of nitrogens with one attached hydrogen (secondary N) is 4. The number of carbonyl (C=O) groups is 7. The Hall–Kier alpha value is -4.07. The largest absolute Gasteiger partial charge is 0.480 e. The van der Waals surface area contributed by atoms with Gasteiger partial charge in [0.05, 0.1) is 6.04 Å². The summed E-state index contributed by atoms with van der Waals surface area (Å²) in [5.41, 5.74) is -0.772. The molecule has 14 nitrogen and oxygen atoms in total. The third kappa shape index (κ3) is 11.8. The Labute approximate surface area is 289 Å². The average molecular weight is 689 g/mol. The van der Waals surface area contributed by atoms with Gasteiger partial charge in [-0.1, -0.05) is 60.0 Å². The van der Waals surface area contributed by atoms with Crippen LogP contribution in [-0.4, -0.2) is 108 Å². The van der Waals surface area contributed by atoms with Gasteiger partial charge in [-0.25, -0.2) is 4.79 Å². The van der Waals surface area contributed by atoms with Gasteiger partial charge in [-0.3, -0.25) is 33.7 Å². The van der Waals surface area contributed by atoms with Crippen molar-refractivity contribution in [3.8, 4) is 0 Å². The maximum absolute atomic E-state index is 13.7. The van der Waals surface area contributed by atoms with Gasteiger partial charge in [0.25, 0.3) is 11.8 Å². The fraction of sp³-hybridized carbons (Fsp3) is 0.686. The number of hydrogen-bond acceptors (Lipinski definition) is 8. The maximum Gasteiger partial charge on any atom is 0.326 e. The molecule has 1 aliphatic carbocycles. The molecule has 2 rings (SSSR count). The zero-order valence-corrected chi connectivity index (χ0v) is 30.3. The molecule has 0 radical (unpaired) electrons. The smallest absolute Gasteiger partial charge is 0.326 e. The summed E-state index contributed by atoms with van der Waals surface area (Å²) in [6.07, 6.45) is 8.99. The van der Waals surface area contributed by atoms with Gasteiger partial charge < -0.3 is 31.3 Å². The highest BCUT2D eigenvalue weighted by Gasteiger charge is 2.43.